The Labute approximate surface area is 732 Å². The molecule has 0 spiro atoms. The summed E-state index contributed by atoms with van der Waals surface area (Å²) >= 11 is 35.1. The van der Waals surface area contributed by atoms with Crippen LogP contribution in [0.25, 0.3) is 32.7 Å². The zero-order valence-electron chi connectivity index (χ0n) is 65.2. The monoisotopic (exact) mass is 1860 g/mol. The Kier molecular flexibility index (Phi) is 27.0. The second-order valence-corrected chi connectivity index (χ2v) is 39.6. The second kappa shape index (κ2) is 37.3. The van der Waals surface area contributed by atoms with Gasteiger partial charge in [-0.3, -0.25) is 24.3 Å². The number of hydrogen-bond donors (Lipinski definition) is 5. The normalized spacial score (nSPS) is 21.4. The summed E-state index contributed by atoms with van der Waals surface area (Å²) in [5.41, 5.74) is 13.6. The van der Waals surface area contributed by atoms with Gasteiger partial charge in [0.15, 0.2) is 0 Å². The molecule has 0 aliphatic carbocycles. The number of nitrogens with one attached hydrogen (secondary N) is 4. The number of carbonyl (C=O) groups excluding carboxylic acids is 3. The Morgan fingerprint density at radius 3 is 1.27 bits per heavy atom. The van der Waals surface area contributed by atoms with Crippen molar-refractivity contribution in [1.29, 1.82) is 0 Å². The number of morpholine rings is 1. The lowest BCUT2D eigenvalue weighted by molar-refractivity contribution is -0.130. The standard InChI is InChI=1S/C34H37BrClN5O2S.C31H33BrClN3OS.C27H24BrClN2O2S/c1-3-37-33(43)40-16-14-39(15-17-40)22-34(44-27-11-4-23(2)5-12-27)19-31(42)41(21-24-6-8-25(35)9-7-24)32(34)29-20-38-30-18-26(36)10-13-28(29)30;1-22-2-9-26(10-3-22)38-31(21-35-14-16-37-17-15-35)12-13-36(20-23-4-6-24(32)7-5-23)30(31)28-19-34-29-18-25(33)8-11-27(28)29;1-17-2-9-21(10-3-17)34-27(16-32)13-25(33)31(15-18-4-6-19(28)7-5-18)26(27)23-14-30-24-12-20(29)8-11-22(23)24/h4-13,18,20,32,38H,3,14-17,19,21-22H2,1-2H3,(H,37,43);2-11,18-19,30,34H,12-17,20-21H2,1H3;2-12,14,26,30,32H,13,15-16H2,1H3/t32-,34+;30-,31+;26-,27+/m000/s1. The highest BCUT2D eigenvalue weighted by molar-refractivity contribution is 9.11. The predicted octanol–water partition coefficient (Wildman–Crippen LogP) is 21.8. The number of aromatic nitrogens is 3. The summed E-state index contributed by atoms with van der Waals surface area (Å²) in [6, 6.07) is 68.6. The summed E-state index contributed by atoms with van der Waals surface area (Å²) in [6.07, 6.45) is 8.03. The number of nitrogens with zero attached hydrogens (tertiary/aromatic N) is 6. The van der Waals surface area contributed by atoms with Crippen molar-refractivity contribution < 1.29 is 24.2 Å². The SMILES string of the molecule is CCNC(=O)N1CCN(C[C@]2(Sc3ccc(C)cc3)CC(=O)N(Cc3ccc(Br)cc3)[C@H]2c2c[nH]c3cc(Cl)ccc23)CC1.Cc1ccc(S[C@@]2(CN3CCOCC3)CCN(Cc3ccc(Br)cc3)[C@H]2c2c[nH]c3cc(Cl)ccc23)cc1.Cc1ccc(S[C@@]2(CO)CC(=O)N(Cc3ccc(Br)cc3)[C@H]2c2c[nH]c3cc(Cl)ccc23)cc1. The van der Waals surface area contributed by atoms with Gasteiger partial charge in [-0.25, -0.2) is 4.79 Å². The van der Waals surface area contributed by atoms with Crippen molar-refractivity contribution in [2.45, 2.75) is 114 Å². The summed E-state index contributed by atoms with van der Waals surface area (Å²) in [5.74, 6) is 0.173. The predicted molar refractivity (Wildman–Crippen MR) is 487 cm³/mol. The number of benzene rings is 9. The van der Waals surface area contributed by atoms with Crippen LogP contribution in [0.2, 0.25) is 15.1 Å². The number of amides is 4. The summed E-state index contributed by atoms with van der Waals surface area (Å²) in [4.78, 5) is 67.8. The largest absolute Gasteiger partial charge is 0.395 e. The van der Waals surface area contributed by atoms with Gasteiger partial charge in [0, 0.05) is 204 Å². The molecule has 5 saturated heterocycles. The molecule has 15 nitrogen and oxygen atoms in total. The van der Waals surface area contributed by atoms with Gasteiger partial charge in [0.05, 0.1) is 52.2 Å². The molecule has 3 aromatic heterocycles. The molecule has 9 aromatic carbocycles. The number of likely N-dealkylation sites (tertiary alicyclic amines) is 3. The number of halogens is 6. The van der Waals surface area contributed by atoms with Gasteiger partial charge in [-0.15, -0.1) is 35.3 Å². The van der Waals surface area contributed by atoms with E-state index in [4.69, 9.17) is 39.5 Å². The highest BCUT2D eigenvalue weighted by Gasteiger charge is 2.57. The Balaban J connectivity index is 0.000000138. The number of aliphatic hydroxyl groups excluding tert-OH is 1. The third kappa shape index (κ3) is 19.2. The Morgan fingerprint density at radius 1 is 0.474 bits per heavy atom. The van der Waals surface area contributed by atoms with Gasteiger partial charge in [-0.05, 0) is 166 Å². The Hall–Kier alpha value is -7.03. The van der Waals surface area contributed by atoms with E-state index in [0.717, 1.165) is 143 Å². The Morgan fingerprint density at radius 2 is 0.845 bits per heavy atom. The van der Waals surface area contributed by atoms with Crippen molar-refractivity contribution in [3.63, 3.8) is 0 Å². The highest BCUT2D eigenvalue weighted by Crippen LogP contribution is 2.58. The number of thioether (sulfide) groups is 3. The molecule has 12 aromatic rings. The second-order valence-electron chi connectivity index (χ2n) is 31.1. The van der Waals surface area contributed by atoms with Crippen LogP contribution in [0, 0.1) is 20.8 Å². The third-order valence-electron chi connectivity index (χ3n) is 23.0. The van der Waals surface area contributed by atoms with Crippen LogP contribution in [-0.4, -0.2) is 167 Å². The molecule has 116 heavy (non-hydrogen) atoms. The van der Waals surface area contributed by atoms with E-state index in [1.54, 1.807) is 11.8 Å². The molecule has 5 N–H and O–H groups in total. The van der Waals surface area contributed by atoms with Gasteiger partial charge >= 0.3 is 6.03 Å². The van der Waals surface area contributed by atoms with Crippen LogP contribution in [0.1, 0.15) is 94.4 Å². The van der Waals surface area contributed by atoms with E-state index in [1.165, 1.54) is 38.1 Å². The zero-order chi connectivity index (χ0) is 80.8. The lowest BCUT2D eigenvalue weighted by Crippen LogP contribution is -2.55. The van der Waals surface area contributed by atoms with Crippen LogP contribution in [0.5, 0.6) is 0 Å². The fraction of sp³-hybridized carbons (Fsp3) is 0.315. The van der Waals surface area contributed by atoms with Crippen LogP contribution in [0.3, 0.4) is 0 Å². The molecule has 17 rings (SSSR count). The molecule has 8 heterocycles. The number of H-pyrrole nitrogens is 3. The van der Waals surface area contributed by atoms with Gasteiger partial charge in [0.1, 0.15) is 0 Å². The van der Waals surface area contributed by atoms with Crippen LogP contribution >= 0.6 is 118 Å². The number of carbonyl (C=O) groups is 3. The molecule has 5 fully saturated rings. The topological polar surface area (TPSA) is 160 Å². The maximum Gasteiger partial charge on any atom is 0.317 e. The van der Waals surface area contributed by atoms with Crippen molar-refractivity contribution in [3.05, 3.63) is 297 Å². The number of aromatic amines is 3. The minimum absolute atomic E-state index is 0.0112. The molecule has 5 aliphatic rings. The molecule has 4 amide bonds. The first-order valence-electron chi connectivity index (χ1n) is 39.4. The molecule has 0 radical (unpaired) electrons. The first kappa shape index (κ1) is 84.0. The van der Waals surface area contributed by atoms with Crippen molar-refractivity contribution in [2.24, 2.45) is 0 Å². The van der Waals surface area contributed by atoms with Crippen LogP contribution in [-0.2, 0) is 34.0 Å². The average Bonchev–Trinajstić information content (AvgIpc) is 1.58. The first-order chi connectivity index (χ1) is 56.1. The highest BCUT2D eigenvalue weighted by atomic mass is 79.9. The number of fused-ring (bicyclic) bond motifs is 3. The fourth-order valence-corrected chi connectivity index (χ4v) is 23.1. The van der Waals surface area contributed by atoms with E-state index in [0.29, 0.717) is 55.7 Å². The van der Waals surface area contributed by atoms with Gasteiger partial charge in [-0.2, -0.15) is 0 Å². The summed E-state index contributed by atoms with van der Waals surface area (Å²) in [7, 11) is 0. The van der Waals surface area contributed by atoms with Gasteiger partial charge in [-0.1, -0.05) is 190 Å². The number of piperazine rings is 1. The smallest absolute Gasteiger partial charge is 0.317 e. The molecule has 24 heteroatoms. The molecular formula is C92H94Br3Cl3N10O5S3. The third-order valence-corrected chi connectivity index (χ3v) is 29.5. The quantitative estimate of drug-likeness (QED) is 0.0466. The maximum atomic E-state index is 14.2. The zero-order valence-corrected chi connectivity index (χ0v) is 74.7. The molecule has 0 saturated carbocycles. The molecule has 602 valence electrons. The first-order valence-corrected chi connectivity index (χ1v) is 45.4. The number of hydrogen-bond acceptors (Lipinski definition) is 11. The number of ether oxygens (including phenoxy) is 1. The summed E-state index contributed by atoms with van der Waals surface area (Å²) in [6.45, 7) is 19.8. The van der Waals surface area contributed by atoms with Crippen LogP contribution < -0.4 is 5.32 Å². The van der Waals surface area contributed by atoms with Gasteiger partial charge in [0.25, 0.3) is 0 Å². The van der Waals surface area contributed by atoms with E-state index in [1.807, 2.05) is 114 Å². The minimum Gasteiger partial charge on any atom is -0.395 e. The lowest BCUT2D eigenvalue weighted by atomic mass is 9.91. The number of urea groups is 1. The lowest BCUT2D eigenvalue weighted by Gasteiger charge is -2.43. The fourth-order valence-electron chi connectivity index (χ4n) is 17.3. The molecule has 6 atom stereocenters. The van der Waals surface area contributed by atoms with Crippen LogP contribution in [0.15, 0.2) is 247 Å². The molecule has 5 aliphatic heterocycles. The maximum absolute atomic E-state index is 14.2. The minimum atomic E-state index is -0.726. The van der Waals surface area contributed by atoms with Crippen molar-refractivity contribution in [1.82, 2.24) is 49.7 Å². The molecular weight excluding hydrogens is 1770 g/mol. The Bertz CT molecular complexity index is 5420. The molecule has 0 unspecified atom stereocenters. The van der Waals surface area contributed by atoms with E-state index >= 15 is 0 Å². The number of aliphatic hydroxyl groups is 1. The van der Waals surface area contributed by atoms with Gasteiger partial charge < -0.3 is 44.8 Å². The number of aryl methyl sites for hydroxylation is 3. The molecule has 0 bridgehead atoms. The van der Waals surface area contributed by atoms with Crippen molar-refractivity contribution in [3.8, 4) is 0 Å². The van der Waals surface area contributed by atoms with E-state index in [-0.39, 0.29) is 53.7 Å². The summed E-state index contributed by atoms with van der Waals surface area (Å²) < 4.78 is 7.62. The average molecular weight is 1860 g/mol. The van der Waals surface area contributed by atoms with E-state index in [2.05, 4.69) is 254 Å². The van der Waals surface area contributed by atoms with E-state index in [9.17, 15) is 19.5 Å². The van der Waals surface area contributed by atoms with Crippen molar-refractivity contribution >= 4 is 168 Å². The number of rotatable bonds is 21. The van der Waals surface area contributed by atoms with Crippen molar-refractivity contribution in [2.75, 3.05) is 85.3 Å². The summed E-state index contributed by atoms with van der Waals surface area (Å²) in [5, 5.41) is 19.2. The van der Waals surface area contributed by atoms with Gasteiger partial charge in [0.2, 0.25) is 11.8 Å². The van der Waals surface area contributed by atoms with Crippen LogP contribution in [0.4, 0.5) is 4.79 Å². The van der Waals surface area contributed by atoms with E-state index < -0.39 is 9.49 Å².